The number of hydrogen-bond donors (Lipinski definition) is 1. The molecule has 19 heavy (non-hydrogen) atoms. The Kier molecular flexibility index (Phi) is 3.71. The van der Waals surface area contributed by atoms with Gasteiger partial charge in [0.05, 0.1) is 17.7 Å². The van der Waals surface area contributed by atoms with Gasteiger partial charge < -0.3 is 9.84 Å². The fourth-order valence-corrected chi connectivity index (χ4v) is 1.90. The lowest BCUT2D eigenvalue weighted by atomic mass is 10.0. The quantitative estimate of drug-likeness (QED) is 0.929. The highest BCUT2D eigenvalue weighted by molar-refractivity contribution is 6.32. The maximum absolute atomic E-state index is 13.9. The molecule has 0 radical (unpaired) electrons. The van der Waals surface area contributed by atoms with E-state index in [1.54, 1.807) is 18.2 Å². The molecule has 0 aromatic heterocycles. The van der Waals surface area contributed by atoms with E-state index >= 15 is 0 Å². The number of methoxy groups -OCH3 is 1. The third kappa shape index (κ3) is 2.69. The summed E-state index contributed by atoms with van der Waals surface area (Å²) in [5.41, 5.74) is 0.762. The summed E-state index contributed by atoms with van der Waals surface area (Å²) in [6.45, 7) is 0. The molecule has 2 aromatic carbocycles. The number of rotatable bonds is 3. The Hall–Kier alpha value is -2.07. The number of hydrogen-bond acceptors (Lipinski definition) is 2. The Balaban J connectivity index is 2.50. The lowest BCUT2D eigenvalue weighted by Gasteiger charge is -2.08. The smallest absolute Gasteiger partial charge is 0.335 e. The van der Waals surface area contributed by atoms with Gasteiger partial charge >= 0.3 is 5.97 Å². The monoisotopic (exact) mass is 280 g/mol. The van der Waals surface area contributed by atoms with Crippen LogP contribution in [-0.4, -0.2) is 18.2 Å². The molecule has 0 atom stereocenters. The first-order chi connectivity index (χ1) is 9.02. The number of carboxylic acids is 1. The van der Waals surface area contributed by atoms with Crippen molar-refractivity contribution in [3.05, 3.63) is 52.8 Å². The van der Waals surface area contributed by atoms with Gasteiger partial charge in [-0.1, -0.05) is 23.7 Å². The van der Waals surface area contributed by atoms with Crippen molar-refractivity contribution in [2.24, 2.45) is 0 Å². The van der Waals surface area contributed by atoms with Gasteiger partial charge in [0.15, 0.2) is 0 Å². The largest absolute Gasteiger partial charge is 0.495 e. The minimum atomic E-state index is -1.17. The SMILES string of the molecule is COc1cc(-c2ccc(C(=O)O)cc2F)ccc1Cl. The predicted octanol–water partition coefficient (Wildman–Crippen LogP) is 3.85. The average Bonchev–Trinajstić information content (AvgIpc) is 2.39. The molecule has 2 aromatic rings. The lowest BCUT2D eigenvalue weighted by Crippen LogP contribution is -1.97. The summed E-state index contributed by atoms with van der Waals surface area (Å²) in [5.74, 6) is -1.34. The van der Waals surface area contributed by atoms with Gasteiger partial charge in [-0.2, -0.15) is 0 Å². The number of carbonyl (C=O) groups is 1. The van der Waals surface area contributed by atoms with E-state index < -0.39 is 11.8 Å². The summed E-state index contributed by atoms with van der Waals surface area (Å²) in [7, 11) is 1.47. The normalized spacial score (nSPS) is 10.3. The summed E-state index contributed by atoms with van der Waals surface area (Å²) in [5, 5.41) is 9.21. The number of benzene rings is 2. The second-order valence-corrected chi connectivity index (χ2v) is 4.26. The molecule has 0 heterocycles. The summed E-state index contributed by atoms with van der Waals surface area (Å²) in [6, 6.07) is 8.59. The van der Waals surface area contributed by atoms with Gasteiger partial charge in [0.25, 0.3) is 0 Å². The zero-order chi connectivity index (χ0) is 14.0. The maximum Gasteiger partial charge on any atom is 0.335 e. The Bertz CT molecular complexity index is 641. The molecule has 1 N–H and O–H groups in total. The minimum Gasteiger partial charge on any atom is -0.495 e. The molecule has 0 aliphatic carbocycles. The van der Waals surface area contributed by atoms with Crippen LogP contribution in [0.15, 0.2) is 36.4 Å². The van der Waals surface area contributed by atoms with Crippen LogP contribution in [0.4, 0.5) is 4.39 Å². The maximum atomic E-state index is 13.9. The first-order valence-electron chi connectivity index (χ1n) is 5.39. The number of halogens is 2. The Morgan fingerprint density at radius 3 is 2.58 bits per heavy atom. The van der Waals surface area contributed by atoms with Gasteiger partial charge in [-0.05, 0) is 29.8 Å². The molecule has 0 bridgehead atoms. The molecular weight excluding hydrogens is 271 g/mol. The number of carboxylic acid groups (broad SMARTS) is 1. The molecule has 3 nitrogen and oxygen atoms in total. The lowest BCUT2D eigenvalue weighted by molar-refractivity contribution is 0.0696. The van der Waals surface area contributed by atoms with E-state index in [1.807, 2.05) is 0 Å². The standard InChI is InChI=1S/C14H10ClFO3/c1-19-13-7-8(3-5-11(13)15)10-4-2-9(14(17)18)6-12(10)16/h2-7H,1H3,(H,17,18). The second kappa shape index (κ2) is 5.28. The summed E-state index contributed by atoms with van der Waals surface area (Å²) in [6.07, 6.45) is 0. The van der Waals surface area contributed by atoms with Crippen LogP contribution in [0.5, 0.6) is 5.75 Å². The van der Waals surface area contributed by atoms with Crippen molar-refractivity contribution in [1.29, 1.82) is 0 Å². The first kappa shape index (κ1) is 13.4. The van der Waals surface area contributed by atoms with Crippen LogP contribution in [-0.2, 0) is 0 Å². The third-order valence-electron chi connectivity index (χ3n) is 2.68. The highest BCUT2D eigenvalue weighted by atomic mass is 35.5. The van der Waals surface area contributed by atoms with Crippen molar-refractivity contribution in [3.63, 3.8) is 0 Å². The zero-order valence-electron chi connectivity index (χ0n) is 9.98. The topological polar surface area (TPSA) is 46.5 Å². The van der Waals surface area contributed by atoms with E-state index in [9.17, 15) is 9.18 Å². The van der Waals surface area contributed by atoms with E-state index in [-0.39, 0.29) is 5.56 Å². The number of ether oxygens (including phenoxy) is 1. The van der Waals surface area contributed by atoms with Gasteiger partial charge in [-0.25, -0.2) is 9.18 Å². The molecule has 0 aliphatic heterocycles. The predicted molar refractivity (Wildman–Crippen MR) is 70.4 cm³/mol. The van der Waals surface area contributed by atoms with Crippen LogP contribution in [0.3, 0.4) is 0 Å². The van der Waals surface area contributed by atoms with E-state index in [0.717, 1.165) is 6.07 Å². The molecule has 0 amide bonds. The van der Waals surface area contributed by atoms with Crippen molar-refractivity contribution in [2.45, 2.75) is 0 Å². The molecule has 2 rings (SSSR count). The fourth-order valence-electron chi connectivity index (χ4n) is 1.71. The fraction of sp³-hybridized carbons (Fsp3) is 0.0714. The molecule has 0 unspecified atom stereocenters. The summed E-state index contributed by atoms with van der Waals surface area (Å²) < 4.78 is 19.0. The molecule has 0 saturated heterocycles. The summed E-state index contributed by atoms with van der Waals surface area (Å²) in [4.78, 5) is 10.7. The van der Waals surface area contributed by atoms with Crippen LogP contribution in [0.1, 0.15) is 10.4 Å². The van der Waals surface area contributed by atoms with Crippen LogP contribution >= 0.6 is 11.6 Å². The van der Waals surface area contributed by atoms with Gasteiger partial charge in [-0.15, -0.1) is 0 Å². The number of aromatic carboxylic acids is 1. The van der Waals surface area contributed by atoms with Crippen LogP contribution in [0.2, 0.25) is 5.02 Å². The van der Waals surface area contributed by atoms with Crippen molar-refractivity contribution in [2.75, 3.05) is 7.11 Å². The molecule has 0 aliphatic rings. The minimum absolute atomic E-state index is 0.0952. The third-order valence-corrected chi connectivity index (χ3v) is 2.99. The molecule has 98 valence electrons. The highest BCUT2D eigenvalue weighted by Crippen LogP contribution is 2.31. The molecule has 0 fully saturated rings. The van der Waals surface area contributed by atoms with Crippen molar-refractivity contribution < 1.29 is 19.0 Å². The van der Waals surface area contributed by atoms with Gasteiger partial charge in [0.2, 0.25) is 0 Å². The van der Waals surface area contributed by atoms with Gasteiger partial charge in [-0.3, -0.25) is 0 Å². The molecule has 0 saturated carbocycles. The van der Waals surface area contributed by atoms with E-state index in [2.05, 4.69) is 0 Å². The zero-order valence-corrected chi connectivity index (χ0v) is 10.7. The van der Waals surface area contributed by atoms with Crippen molar-refractivity contribution in [1.82, 2.24) is 0 Å². The molecular formula is C14H10ClFO3. The van der Waals surface area contributed by atoms with Gasteiger partial charge in [0.1, 0.15) is 11.6 Å². The first-order valence-corrected chi connectivity index (χ1v) is 5.77. The summed E-state index contributed by atoms with van der Waals surface area (Å²) >= 11 is 5.89. The Morgan fingerprint density at radius 2 is 2.00 bits per heavy atom. The molecule has 5 heteroatoms. The van der Waals surface area contributed by atoms with Crippen molar-refractivity contribution >= 4 is 17.6 Å². The van der Waals surface area contributed by atoms with E-state index in [1.165, 1.54) is 19.2 Å². The van der Waals surface area contributed by atoms with E-state index in [0.29, 0.717) is 21.9 Å². The van der Waals surface area contributed by atoms with Crippen molar-refractivity contribution in [3.8, 4) is 16.9 Å². The van der Waals surface area contributed by atoms with Crippen LogP contribution < -0.4 is 4.74 Å². The van der Waals surface area contributed by atoms with Gasteiger partial charge in [0, 0.05) is 5.56 Å². The van der Waals surface area contributed by atoms with Crippen LogP contribution in [0.25, 0.3) is 11.1 Å². The Labute approximate surface area is 114 Å². The second-order valence-electron chi connectivity index (χ2n) is 3.85. The van der Waals surface area contributed by atoms with Crippen LogP contribution in [0, 0.1) is 5.82 Å². The highest BCUT2D eigenvalue weighted by Gasteiger charge is 2.11. The Morgan fingerprint density at radius 1 is 1.26 bits per heavy atom. The average molecular weight is 281 g/mol. The van der Waals surface area contributed by atoms with E-state index in [4.69, 9.17) is 21.4 Å². The molecule has 0 spiro atoms.